The summed E-state index contributed by atoms with van der Waals surface area (Å²) in [4.78, 5) is 25.4. The zero-order valence-corrected chi connectivity index (χ0v) is 13.9. The van der Waals surface area contributed by atoms with Crippen molar-refractivity contribution < 1.29 is 19.1 Å². The molecule has 0 bridgehead atoms. The van der Waals surface area contributed by atoms with Crippen LogP contribution in [-0.2, 0) is 16.0 Å². The standard InChI is InChI=1S/C17H24N2O4/c1-12(20)19-8-6-14(7-9-19)18-17(21)10-13-4-5-15(22-2)11-16(13)23-3/h4-5,11,14H,6-10H2,1-3H3,(H,18,21). The summed E-state index contributed by atoms with van der Waals surface area (Å²) in [5.74, 6) is 1.40. The zero-order chi connectivity index (χ0) is 16.8. The van der Waals surface area contributed by atoms with Gasteiger partial charge in [0.15, 0.2) is 0 Å². The molecule has 1 aromatic rings. The van der Waals surface area contributed by atoms with Gasteiger partial charge in [-0.1, -0.05) is 6.07 Å². The fourth-order valence-electron chi connectivity index (χ4n) is 2.79. The highest BCUT2D eigenvalue weighted by Crippen LogP contribution is 2.25. The van der Waals surface area contributed by atoms with Crippen molar-refractivity contribution in [2.45, 2.75) is 32.2 Å². The van der Waals surface area contributed by atoms with Crippen LogP contribution in [-0.4, -0.2) is 50.1 Å². The van der Waals surface area contributed by atoms with E-state index in [0.717, 1.165) is 18.4 Å². The second-order valence-electron chi connectivity index (χ2n) is 5.70. The molecule has 1 aromatic carbocycles. The number of hydrogen-bond acceptors (Lipinski definition) is 4. The lowest BCUT2D eigenvalue weighted by molar-refractivity contribution is -0.130. The summed E-state index contributed by atoms with van der Waals surface area (Å²) < 4.78 is 10.5. The number of carbonyl (C=O) groups is 2. The Kier molecular flexibility index (Phi) is 5.84. The van der Waals surface area contributed by atoms with Gasteiger partial charge >= 0.3 is 0 Å². The fourth-order valence-corrected chi connectivity index (χ4v) is 2.79. The van der Waals surface area contributed by atoms with Crippen LogP contribution in [0.1, 0.15) is 25.3 Å². The van der Waals surface area contributed by atoms with Crippen molar-refractivity contribution in [1.82, 2.24) is 10.2 Å². The van der Waals surface area contributed by atoms with Gasteiger partial charge in [-0.2, -0.15) is 0 Å². The highest BCUT2D eigenvalue weighted by molar-refractivity contribution is 5.80. The van der Waals surface area contributed by atoms with Gasteiger partial charge in [-0.25, -0.2) is 0 Å². The molecular weight excluding hydrogens is 296 g/mol. The van der Waals surface area contributed by atoms with Crippen LogP contribution in [0.25, 0.3) is 0 Å². The van der Waals surface area contributed by atoms with Gasteiger partial charge in [0.05, 0.1) is 20.6 Å². The smallest absolute Gasteiger partial charge is 0.224 e. The molecule has 0 spiro atoms. The molecule has 0 saturated carbocycles. The molecule has 1 N–H and O–H groups in total. The van der Waals surface area contributed by atoms with Crippen molar-refractivity contribution in [1.29, 1.82) is 0 Å². The lowest BCUT2D eigenvalue weighted by Gasteiger charge is -2.31. The molecule has 1 fully saturated rings. The summed E-state index contributed by atoms with van der Waals surface area (Å²) in [5.41, 5.74) is 0.826. The van der Waals surface area contributed by atoms with E-state index in [0.29, 0.717) is 24.6 Å². The number of benzene rings is 1. The molecule has 0 atom stereocenters. The SMILES string of the molecule is COc1ccc(CC(=O)NC2CCN(C(C)=O)CC2)c(OC)c1. The third-order valence-electron chi connectivity index (χ3n) is 4.15. The van der Waals surface area contributed by atoms with Crippen LogP contribution in [0.15, 0.2) is 18.2 Å². The highest BCUT2D eigenvalue weighted by atomic mass is 16.5. The summed E-state index contributed by atoms with van der Waals surface area (Å²) in [5, 5.41) is 3.04. The van der Waals surface area contributed by atoms with Crippen molar-refractivity contribution in [2.75, 3.05) is 27.3 Å². The lowest BCUT2D eigenvalue weighted by Crippen LogP contribution is -2.46. The number of likely N-dealkylation sites (tertiary alicyclic amines) is 1. The monoisotopic (exact) mass is 320 g/mol. The van der Waals surface area contributed by atoms with E-state index in [9.17, 15) is 9.59 Å². The molecule has 1 aliphatic heterocycles. The van der Waals surface area contributed by atoms with Crippen LogP contribution in [0.4, 0.5) is 0 Å². The van der Waals surface area contributed by atoms with E-state index in [-0.39, 0.29) is 24.3 Å². The number of rotatable bonds is 5. The number of nitrogens with one attached hydrogen (secondary N) is 1. The molecule has 1 saturated heterocycles. The largest absolute Gasteiger partial charge is 0.497 e. The molecule has 1 aliphatic rings. The predicted molar refractivity (Wildman–Crippen MR) is 86.7 cm³/mol. The number of methoxy groups -OCH3 is 2. The third-order valence-corrected chi connectivity index (χ3v) is 4.15. The molecule has 0 radical (unpaired) electrons. The second-order valence-corrected chi connectivity index (χ2v) is 5.70. The van der Waals surface area contributed by atoms with Crippen LogP contribution in [0.2, 0.25) is 0 Å². The van der Waals surface area contributed by atoms with Gasteiger partial charge < -0.3 is 19.7 Å². The Morgan fingerprint density at radius 1 is 1.22 bits per heavy atom. The maximum atomic E-state index is 12.2. The normalized spacial score (nSPS) is 15.2. The molecule has 1 heterocycles. The van der Waals surface area contributed by atoms with E-state index in [1.54, 1.807) is 27.2 Å². The maximum Gasteiger partial charge on any atom is 0.224 e. The lowest BCUT2D eigenvalue weighted by atomic mass is 10.0. The summed E-state index contributed by atoms with van der Waals surface area (Å²) in [6.45, 7) is 2.98. The number of hydrogen-bond donors (Lipinski definition) is 1. The third kappa shape index (κ3) is 4.61. The van der Waals surface area contributed by atoms with E-state index in [1.165, 1.54) is 0 Å². The topological polar surface area (TPSA) is 67.9 Å². The zero-order valence-electron chi connectivity index (χ0n) is 13.9. The van der Waals surface area contributed by atoms with Gasteiger partial charge in [-0.3, -0.25) is 9.59 Å². The fraction of sp³-hybridized carbons (Fsp3) is 0.529. The van der Waals surface area contributed by atoms with Crippen molar-refractivity contribution in [3.63, 3.8) is 0 Å². The average molecular weight is 320 g/mol. The molecule has 126 valence electrons. The molecule has 2 rings (SSSR count). The molecule has 6 heteroatoms. The van der Waals surface area contributed by atoms with Crippen LogP contribution in [0.5, 0.6) is 11.5 Å². The van der Waals surface area contributed by atoms with Gasteiger partial charge in [0.1, 0.15) is 11.5 Å². The van der Waals surface area contributed by atoms with E-state index >= 15 is 0 Å². The van der Waals surface area contributed by atoms with E-state index in [1.807, 2.05) is 17.0 Å². The Bertz CT molecular complexity index is 566. The Hall–Kier alpha value is -2.24. The van der Waals surface area contributed by atoms with Crippen molar-refractivity contribution in [2.24, 2.45) is 0 Å². The van der Waals surface area contributed by atoms with Gasteiger partial charge in [-0.05, 0) is 18.9 Å². The molecular formula is C17H24N2O4. The molecule has 23 heavy (non-hydrogen) atoms. The van der Waals surface area contributed by atoms with Crippen LogP contribution < -0.4 is 14.8 Å². The first kappa shape index (κ1) is 17.1. The maximum absolute atomic E-state index is 12.2. The highest BCUT2D eigenvalue weighted by Gasteiger charge is 2.22. The number of carbonyl (C=O) groups excluding carboxylic acids is 2. The minimum Gasteiger partial charge on any atom is -0.497 e. The van der Waals surface area contributed by atoms with Crippen molar-refractivity contribution >= 4 is 11.8 Å². The molecule has 0 unspecified atom stereocenters. The minimum absolute atomic E-state index is 0.0326. The number of ether oxygens (including phenoxy) is 2. The van der Waals surface area contributed by atoms with Gasteiger partial charge in [0.25, 0.3) is 0 Å². The van der Waals surface area contributed by atoms with Crippen LogP contribution >= 0.6 is 0 Å². The first-order valence-corrected chi connectivity index (χ1v) is 7.79. The van der Waals surface area contributed by atoms with Gasteiger partial charge in [0, 0.05) is 37.7 Å². The summed E-state index contributed by atoms with van der Waals surface area (Å²) >= 11 is 0. The second kappa shape index (κ2) is 7.85. The van der Waals surface area contributed by atoms with Gasteiger partial charge in [0.2, 0.25) is 11.8 Å². The number of nitrogens with zero attached hydrogens (tertiary/aromatic N) is 1. The van der Waals surface area contributed by atoms with Gasteiger partial charge in [-0.15, -0.1) is 0 Å². The summed E-state index contributed by atoms with van der Waals surface area (Å²) in [7, 11) is 3.17. The quantitative estimate of drug-likeness (QED) is 0.890. The summed E-state index contributed by atoms with van der Waals surface area (Å²) in [6, 6.07) is 5.56. The average Bonchev–Trinajstić information content (AvgIpc) is 2.55. The van der Waals surface area contributed by atoms with Crippen LogP contribution in [0, 0.1) is 0 Å². The predicted octanol–water partition coefficient (Wildman–Crippen LogP) is 1.37. The molecule has 6 nitrogen and oxygen atoms in total. The van der Waals surface area contributed by atoms with E-state index in [2.05, 4.69) is 5.32 Å². The first-order valence-electron chi connectivity index (χ1n) is 7.79. The number of piperidine rings is 1. The Morgan fingerprint density at radius 2 is 1.91 bits per heavy atom. The Labute approximate surface area is 136 Å². The van der Waals surface area contributed by atoms with Crippen molar-refractivity contribution in [3.05, 3.63) is 23.8 Å². The van der Waals surface area contributed by atoms with Crippen LogP contribution in [0.3, 0.4) is 0 Å². The minimum atomic E-state index is -0.0326. The Balaban J connectivity index is 1.89. The Morgan fingerprint density at radius 3 is 2.48 bits per heavy atom. The van der Waals surface area contributed by atoms with E-state index < -0.39 is 0 Å². The molecule has 0 aliphatic carbocycles. The molecule has 2 amide bonds. The summed E-state index contributed by atoms with van der Waals surface area (Å²) in [6.07, 6.45) is 1.86. The van der Waals surface area contributed by atoms with E-state index in [4.69, 9.17) is 9.47 Å². The molecule has 0 aromatic heterocycles. The first-order chi connectivity index (χ1) is 11.0. The van der Waals surface area contributed by atoms with Crippen molar-refractivity contribution in [3.8, 4) is 11.5 Å². The number of amides is 2.